The van der Waals surface area contributed by atoms with E-state index in [1.54, 1.807) is 63.9 Å². The minimum Gasteiger partial charge on any atom is -0.326 e. The van der Waals surface area contributed by atoms with Crippen LogP contribution >= 0.6 is 45.3 Å². The smallest absolute Gasteiger partial charge is 0.248 e. The van der Waals surface area contributed by atoms with E-state index >= 15 is 0 Å². The van der Waals surface area contributed by atoms with Crippen molar-refractivity contribution >= 4 is 87.6 Å². The molecule has 66 heavy (non-hydrogen) atoms. The number of nitrogens with two attached hydrogens (primary N) is 1. The van der Waals surface area contributed by atoms with E-state index in [2.05, 4.69) is 98.6 Å². The van der Waals surface area contributed by atoms with E-state index in [1.165, 1.54) is 36.4 Å². The summed E-state index contributed by atoms with van der Waals surface area (Å²) in [5.74, 6) is -0.150. The summed E-state index contributed by atoms with van der Waals surface area (Å²) in [6.07, 6.45) is 10.8. The normalized spacial score (nSPS) is 13.8. The summed E-state index contributed by atoms with van der Waals surface area (Å²) in [6.45, 7) is 18.3. The van der Waals surface area contributed by atoms with Crippen molar-refractivity contribution in [1.82, 2.24) is 45.5 Å². The highest BCUT2D eigenvalue weighted by molar-refractivity contribution is 7.23. The fourth-order valence-corrected chi connectivity index (χ4v) is 12.7. The molecule has 8 aromatic rings. The number of fused-ring (bicyclic) bond motifs is 4. The van der Waals surface area contributed by atoms with Gasteiger partial charge in [-0.25, -0.2) is 9.97 Å². The van der Waals surface area contributed by atoms with Crippen LogP contribution in [0.5, 0.6) is 0 Å². The molecule has 0 radical (unpaired) electrons. The van der Waals surface area contributed by atoms with Crippen molar-refractivity contribution in [3.05, 3.63) is 118 Å². The average molecular weight is 961 g/mol. The van der Waals surface area contributed by atoms with Gasteiger partial charge in [-0.15, -0.1) is 45.3 Å². The average Bonchev–Trinajstić information content (AvgIpc) is 4.19. The Labute approximate surface area is 400 Å². The van der Waals surface area contributed by atoms with Crippen molar-refractivity contribution in [1.29, 1.82) is 0 Å². The molecule has 0 atom stereocenters. The van der Waals surface area contributed by atoms with Crippen molar-refractivity contribution in [3.8, 4) is 21.1 Å². The summed E-state index contributed by atoms with van der Waals surface area (Å²) in [7, 11) is 0. The van der Waals surface area contributed by atoms with Gasteiger partial charge in [-0.2, -0.15) is 10.2 Å². The molecule has 0 bridgehead atoms. The topological polar surface area (TPSA) is 186 Å². The van der Waals surface area contributed by atoms with Crippen LogP contribution in [0.4, 0.5) is 10.0 Å². The maximum absolute atomic E-state index is 12.8. The van der Waals surface area contributed by atoms with Gasteiger partial charge in [0.2, 0.25) is 11.8 Å². The molecule has 8 heterocycles. The Morgan fingerprint density at radius 1 is 0.758 bits per heavy atom. The molecule has 14 nitrogen and oxygen atoms in total. The number of aromatic amines is 2. The van der Waals surface area contributed by atoms with Gasteiger partial charge >= 0.3 is 0 Å². The van der Waals surface area contributed by atoms with E-state index < -0.39 is 0 Å². The van der Waals surface area contributed by atoms with Gasteiger partial charge in [0.05, 0.1) is 32.8 Å². The Balaban J connectivity index is 0.000000159. The molecule has 0 aliphatic carbocycles. The van der Waals surface area contributed by atoms with Crippen LogP contribution < -0.4 is 21.7 Å². The molecule has 2 aliphatic rings. The first-order chi connectivity index (χ1) is 32.1. The van der Waals surface area contributed by atoms with Crippen molar-refractivity contribution < 1.29 is 9.59 Å². The number of carbonyl (C=O) groups is 2. The molecule has 0 unspecified atom stereocenters. The van der Waals surface area contributed by atoms with E-state index in [-0.39, 0.29) is 11.8 Å². The Kier molecular flexibility index (Phi) is 15.6. The van der Waals surface area contributed by atoms with Crippen LogP contribution in [0.3, 0.4) is 0 Å². The predicted octanol–water partition coefficient (Wildman–Crippen LogP) is 9.42. The van der Waals surface area contributed by atoms with Crippen molar-refractivity contribution in [2.75, 3.05) is 30.3 Å². The Bertz CT molecular complexity index is 2810. The molecule has 7 N–H and O–H groups in total. The lowest BCUT2D eigenvalue weighted by Crippen LogP contribution is -2.35. The summed E-state index contributed by atoms with van der Waals surface area (Å²) < 4.78 is 2.34. The summed E-state index contributed by atoms with van der Waals surface area (Å²) in [4.78, 5) is 42.2. The molecule has 0 saturated heterocycles. The van der Waals surface area contributed by atoms with E-state index in [0.717, 1.165) is 92.3 Å². The Morgan fingerprint density at radius 2 is 1.27 bits per heavy atom. The first-order valence-corrected chi connectivity index (χ1v) is 25.4. The highest BCUT2D eigenvalue weighted by atomic mass is 32.1. The maximum atomic E-state index is 12.8. The molecule has 6 aromatic heterocycles. The van der Waals surface area contributed by atoms with Gasteiger partial charge < -0.3 is 21.7 Å². The number of nitrogens with one attached hydrogen (secondary N) is 5. The number of hydrogen-bond acceptors (Lipinski definition) is 14. The van der Waals surface area contributed by atoms with Crippen LogP contribution in [-0.4, -0.2) is 83.7 Å². The summed E-state index contributed by atoms with van der Waals surface area (Å²) in [5.41, 5.74) is 14.3. The molecule has 0 spiro atoms. The summed E-state index contributed by atoms with van der Waals surface area (Å²) in [5, 5.41) is 26.4. The Hall–Kier alpha value is -5.44. The van der Waals surface area contributed by atoms with Gasteiger partial charge in [0.15, 0.2) is 0 Å². The highest BCUT2D eigenvalue weighted by Gasteiger charge is 2.30. The van der Waals surface area contributed by atoms with Crippen LogP contribution in [0.15, 0.2) is 86.0 Å². The minimum absolute atomic E-state index is 0.0244. The van der Waals surface area contributed by atoms with Crippen LogP contribution in [0.2, 0.25) is 0 Å². The number of thiophene rings is 2. The van der Waals surface area contributed by atoms with Gasteiger partial charge in [-0.05, 0) is 82.0 Å². The second kappa shape index (κ2) is 21.9. The SMILES string of the molecule is C=CC(=O)Nc1sc2c(c1-c1nc3ccccc3s1)CCN(C(C)C)C2.CC(C)N1CCc2c(sc(NC(=O)CCNCc3cn[nH]c3)c2-c2nc3ccccc3s2)C1.NCc1cn[nH]c1. The van der Waals surface area contributed by atoms with Crippen LogP contribution in [0.25, 0.3) is 41.6 Å². The minimum atomic E-state index is -0.174. The molecule has 18 heteroatoms. The van der Waals surface area contributed by atoms with Crippen LogP contribution in [0, 0.1) is 0 Å². The molecule has 2 aliphatic heterocycles. The van der Waals surface area contributed by atoms with Crippen molar-refractivity contribution in [3.63, 3.8) is 0 Å². The zero-order valence-corrected chi connectivity index (χ0v) is 40.9. The van der Waals surface area contributed by atoms with Crippen LogP contribution in [0.1, 0.15) is 66.1 Å². The molecule has 2 amide bonds. The second-order valence-corrected chi connectivity index (χ2v) is 20.9. The Morgan fingerprint density at radius 3 is 1.73 bits per heavy atom. The lowest BCUT2D eigenvalue weighted by atomic mass is 10.0. The molecular weight excluding hydrogens is 905 g/mol. The number of nitrogens with zero attached hydrogens (tertiary/aromatic N) is 6. The maximum Gasteiger partial charge on any atom is 0.248 e. The third-order valence-electron chi connectivity index (χ3n) is 11.5. The van der Waals surface area contributed by atoms with E-state index in [4.69, 9.17) is 15.7 Å². The number of amides is 2. The molecule has 2 aromatic carbocycles. The molecule has 0 saturated carbocycles. The van der Waals surface area contributed by atoms with Gasteiger partial charge in [0.25, 0.3) is 0 Å². The van der Waals surface area contributed by atoms with Crippen molar-refractivity contribution in [2.45, 2.75) is 85.2 Å². The fourth-order valence-electron chi connectivity index (χ4n) is 7.87. The standard InChI is InChI=1S/C24H28N6OS2.C20H21N3OS2.C4H7N3/c1-15(2)30-10-8-17-20(14-30)33-24(22(17)23-28-18-5-3-4-6-19(18)32-23)29-21(31)7-9-25-11-16-12-26-27-13-16;1-4-17(24)22-20-18(19-21-14-7-5-6-8-15(14)25-19)13-9-10-23(12(2)3)11-16(13)26-20;5-1-4-2-6-7-3-4/h3-6,12-13,15,25H,7-11,14H2,1-2H3,(H,26,27)(H,29,31);4-8,12H,1,9-11H2,2-3H3,(H,22,24);2-3H,1,5H2,(H,6,7). The van der Waals surface area contributed by atoms with Gasteiger partial charge in [-0.1, -0.05) is 30.8 Å². The first-order valence-electron chi connectivity index (χ1n) is 22.2. The van der Waals surface area contributed by atoms with E-state index in [9.17, 15) is 9.59 Å². The lowest BCUT2D eigenvalue weighted by molar-refractivity contribution is -0.116. The van der Waals surface area contributed by atoms with Crippen molar-refractivity contribution in [2.24, 2.45) is 5.73 Å². The molecule has 10 rings (SSSR count). The first kappa shape index (κ1) is 47.1. The number of carbonyl (C=O) groups excluding carboxylic acids is 2. The quantitative estimate of drug-likeness (QED) is 0.0481. The van der Waals surface area contributed by atoms with E-state index in [1.807, 2.05) is 36.5 Å². The zero-order valence-electron chi connectivity index (χ0n) is 37.6. The number of aromatic nitrogens is 6. The fraction of sp³-hybridized carbons (Fsp3) is 0.333. The monoisotopic (exact) mass is 960 g/mol. The number of para-hydroxylation sites is 2. The third kappa shape index (κ3) is 11.2. The third-order valence-corrected chi connectivity index (χ3v) is 15.9. The molecule has 344 valence electrons. The number of benzene rings is 2. The summed E-state index contributed by atoms with van der Waals surface area (Å²) >= 11 is 6.78. The van der Waals surface area contributed by atoms with E-state index in [0.29, 0.717) is 38.1 Å². The lowest BCUT2D eigenvalue weighted by Gasteiger charge is -2.30. The number of thiazole rings is 2. The highest BCUT2D eigenvalue weighted by Crippen LogP contribution is 2.47. The largest absolute Gasteiger partial charge is 0.326 e. The van der Waals surface area contributed by atoms with Gasteiger partial charge in [0, 0.05) is 109 Å². The second-order valence-electron chi connectivity index (χ2n) is 16.6. The number of anilines is 2. The van der Waals surface area contributed by atoms with Gasteiger partial charge in [0.1, 0.15) is 20.0 Å². The molecule has 0 fully saturated rings. The van der Waals surface area contributed by atoms with Crippen LogP contribution in [-0.2, 0) is 48.6 Å². The number of hydrogen-bond donors (Lipinski definition) is 6. The number of H-pyrrole nitrogens is 2. The molecular formula is C48H56N12O2S4. The van der Waals surface area contributed by atoms with Gasteiger partial charge in [-0.3, -0.25) is 29.6 Å². The zero-order chi connectivity index (χ0) is 46.2. The predicted molar refractivity (Wildman–Crippen MR) is 273 cm³/mol. The number of rotatable bonds is 13. The summed E-state index contributed by atoms with van der Waals surface area (Å²) in [6, 6.07) is 17.4.